The molecule has 6 heteroatoms. The summed E-state index contributed by atoms with van der Waals surface area (Å²) < 4.78 is 0. The van der Waals surface area contributed by atoms with Gasteiger partial charge in [0.05, 0.1) is 5.52 Å². The molecule has 2 aromatic carbocycles. The van der Waals surface area contributed by atoms with Crippen LogP contribution in [0, 0.1) is 6.92 Å². The van der Waals surface area contributed by atoms with E-state index in [1.165, 1.54) is 0 Å². The highest BCUT2D eigenvalue weighted by Gasteiger charge is 2.06. The number of rotatable bonds is 2. The number of nitrogens with two attached hydrogens (primary N) is 2. The average Bonchev–Trinajstić information content (AvgIpc) is 2.47. The first-order chi connectivity index (χ1) is 10.1. The van der Waals surface area contributed by atoms with Crippen molar-refractivity contribution in [2.24, 2.45) is 5.73 Å². The first-order valence-corrected chi connectivity index (χ1v) is 7.12. The zero-order chi connectivity index (χ0) is 15.0. The number of hydrogen-bond donors (Lipinski definition) is 2. The molecule has 3 aromatic rings. The maximum Gasteiger partial charge on any atom is 0.124 e. The van der Waals surface area contributed by atoms with Crippen molar-refractivity contribution >= 4 is 53.1 Å². The highest BCUT2D eigenvalue weighted by atomic mass is 35.5. The highest BCUT2D eigenvalue weighted by molar-refractivity contribution is 6.31. The SMILES string of the molecule is Cc1cc(N)nc2cc(-c3ccc(Cl)c(CN)c3)ccc12.Cl.Cl. The lowest BCUT2D eigenvalue weighted by molar-refractivity contribution is 1.07. The molecule has 1 aromatic heterocycles. The number of aryl methyl sites for hydroxylation is 1. The lowest BCUT2D eigenvalue weighted by atomic mass is 10.00. The highest BCUT2D eigenvalue weighted by Crippen LogP contribution is 2.28. The Bertz CT molecular complexity index is 835. The fraction of sp³-hybridized carbons (Fsp3) is 0.118. The predicted molar refractivity (Wildman–Crippen MR) is 104 cm³/mol. The van der Waals surface area contributed by atoms with Gasteiger partial charge in [-0.3, -0.25) is 0 Å². The van der Waals surface area contributed by atoms with E-state index < -0.39 is 0 Å². The molecular formula is C17H18Cl3N3. The molecule has 0 aliphatic carbocycles. The third-order valence-corrected chi connectivity index (χ3v) is 4.00. The van der Waals surface area contributed by atoms with Gasteiger partial charge >= 0.3 is 0 Å². The molecule has 23 heavy (non-hydrogen) atoms. The van der Waals surface area contributed by atoms with Gasteiger partial charge in [0.15, 0.2) is 0 Å². The lowest BCUT2D eigenvalue weighted by Crippen LogP contribution is -1.97. The van der Waals surface area contributed by atoms with Crippen LogP contribution in [0.1, 0.15) is 11.1 Å². The molecular weight excluding hydrogens is 353 g/mol. The Morgan fingerprint density at radius 3 is 2.35 bits per heavy atom. The van der Waals surface area contributed by atoms with Gasteiger partial charge in [-0.2, -0.15) is 0 Å². The summed E-state index contributed by atoms with van der Waals surface area (Å²) in [4.78, 5) is 4.41. The van der Waals surface area contributed by atoms with Gasteiger partial charge in [0, 0.05) is 17.0 Å². The molecule has 0 saturated heterocycles. The predicted octanol–water partition coefficient (Wildman–Crippen LogP) is 4.75. The van der Waals surface area contributed by atoms with Crippen LogP contribution in [0.2, 0.25) is 5.02 Å². The molecule has 0 amide bonds. The third-order valence-electron chi connectivity index (χ3n) is 3.64. The van der Waals surface area contributed by atoms with Crippen molar-refractivity contribution in [3.05, 3.63) is 58.6 Å². The Labute approximate surface area is 152 Å². The van der Waals surface area contributed by atoms with E-state index >= 15 is 0 Å². The molecule has 122 valence electrons. The molecule has 0 aliphatic heterocycles. The molecule has 0 spiro atoms. The van der Waals surface area contributed by atoms with Crippen molar-refractivity contribution < 1.29 is 0 Å². The first-order valence-electron chi connectivity index (χ1n) is 6.74. The summed E-state index contributed by atoms with van der Waals surface area (Å²) in [5.41, 5.74) is 16.7. The second kappa shape index (κ2) is 7.84. The molecule has 0 radical (unpaired) electrons. The second-order valence-corrected chi connectivity index (χ2v) is 5.51. The van der Waals surface area contributed by atoms with Gasteiger partial charge in [-0.1, -0.05) is 29.8 Å². The smallest absolute Gasteiger partial charge is 0.124 e. The number of pyridine rings is 1. The number of halogens is 3. The Balaban J connectivity index is 0.00000132. The fourth-order valence-corrected chi connectivity index (χ4v) is 2.71. The van der Waals surface area contributed by atoms with Crippen molar-refractivity contribution in [2.45, 2.75) is 13.5 Å². The summed E-state index contributed by atoms with van der Waals surface area (Å²) in [7, 11) is 0. The molecule has 4 N–H and O–H groups in total. The Hall–Kier alpha value is -1.52. The molecule has 3 nitrogen and oxygen atoms in total. The fourth-order valence-electron chi connectivity index (χ4n) is 2.52. The third kappa shape index (κ3) is 3.88. The summed E-state index contributed by atoms with van der Waals surface area (Å²) in [5.74, 6) is 0.538. The summed E-state index contributed by atoms with van der Waals surface area (Å²) in [6, 6.07) is 14.0. The van der Waals surface area contributed by atoms with Crippen LogP contribution in [-0.2, 0) is 6.54 Å². The van der Waals surface area contributed by atoms with Crippen LogP contribution in [0.25, 0.3) is 22.0 Å². The standard InChI is InChI=1S/C17H16ClN3.2ClH/c1-10-6-17(20)21-16-8-12(2-4-14(10)16)11-3-5-15(18)13(7-11)9-19;;/h2-8H,9,19H2,1H3,(H2,20,21);2*1H. The molecule has 0 aliphatic rings. The monoisotopic (exact) mass is 369 g/mol. The second-order valence-electron chi connectivity index (χ2n) is 5.11. The minimum atomic E-state index is 0. The van der Waals surface area contributed by atoms with Gasteiger partial charge in [0.25, 0.3) is 0 Å². The molecule has 0 atom stereocenters. The van der Waals surface area contributed by atoms with Crippen LogP contribution < -0.4 is 11.5 Å². The molecule has 0 unspecified atom stereocenters. The maximum absolute atomic E-state index is 6.11. The normalized spacial score (nSPS) is 10.0. The van der Waals surface area contributed by atoms with E-state index in [1.807, 2.05) is 37.3 Å². The van der Waals surface area contributed by atoms with Gasteiger partial charge in [0.2, 0.25) is 0 Å². The zero-order valence-electron chi connectivity index (χ0n) is 12.5. The zero-order valence-corrected chi connectivity index (χ0v) is 14.9. The van der Waals surface area contributed by atoms with E-state index in [0.717, 1.165) is 33.2 Å². The van der Waals surface area contributed by atoms with Crippen molar-refractivity contribution in [1.29, 1.82) is 0 Å². The molecule has 1 heterocycles. The average molecular weight is 371 g/mol. The number of nitrogens with zero attached hydrogens (tertiary/aromatic N) is 1. The Morgan fingerprint density at radius 1 is 1.00 bits per heavy atom. The van der Waals surface area contributed by atoms with E-state index in [9.17, 15) is 0 Å². The Kier molecular flexibility index (Phi) is 6.66. The lowest BCUT2D eigenvalue weighted by Gasteiger charge is -2.09. The number of fused-ring (bicyclic) bond motifs is 1. The van der Waals surface area contributed by atoms with Crippen LogP contribution in [0.4, 0.5) is 5.82 Å². The summed E-state index contributed by atoms with van der Waals surface area (Å²) in [5, 5.41) is 1.81. The first kappa shape index (κ1) is 19.5. The van der Waals surface area contributed by atoms with E-state index in [0.29, 0.717) is 17.4 Å². The maximum atomic E-state index is 6.11. The minimum Gasteiger partial charge on any atom is -0.384 e. The number of nitrogen functional groups attached to an aromatic ring is 1. The molecule has 0 fully saturated rings. The number of anilines is 1. The molecule has 3 rings (SSSR count). The van der Waals surface area contributed by atoms with Crippen molar-refractivity contribution in [2.75, 3.05) is 5.73 Å². The van der Waals surface area contributed by atoms with Crippen LogP contribution in [0.15, 0.2) is 42.5 Å². The van der Waals surface area contributed by atoms with Gasteiger partial charge in [0.1, 0.15) is 5.82 Å². The van der Waals surface area contributed by atoms with E-state index in [1.54, 1.807) is 0 Å². The van der Waals surface area contributed by atoms with Crippen molar-refractivity contribution in [3.63, 3.8) is 0 Å². The number of benzene rings is 2. The minimum absolute atomic E-state index is 0. The number of hydrogen-bond acceptors (Lipinski definition) is 3. The Morgan fingerprint density at radius 2 is 1.65 bits per heavy atom. The van der Waals surface area contributed by atoms with E-state index in [4.69, 9.17) is 23.1 Å². The van der Waals surface area contributed by atoms with Crippen LogP contribution >= 0.6 is 36.4 Å². The quantitative estimate of drug-likeness (QED) is 0.684. The van der Waals surface area contributed by atoms with Crippen LogP contribution in [0.3, 0.4) is 0 Å². The molecule has 0 bridgehead atoms. The van der Waals surface area contributed by atoms with E-state index in [-0.39, 0.29) is 24.8 Å². The summed E-state index contributed by atoms with van der Waals surface area (Å²) in [6.45, 7) is 2.46. The van der Waals surface area contributed by atoms with Gasteiger partial charge < -0.3 is 11.5 Å². The summed E-state index contributed by atoms with van der Waals surface area (Å²) in [6.07, 6.45) is 0. The van der Waals surface area contributed by atoms with Gasteiger partial charge in [-0.05, 0) is 53.4 Å². The van der Waals surface area contributed by atoms with Crippen molar-refractivity contribution in [1.82, 2.24) is 4.98 Å². The van der Waals surface area contributed by atoms with Crippen LogP contribution in [0.5, 0.6) is 0 Å². The number of aromatic nitrogens is 1. The summed E-state index contributed by atoms with van der Waals surface area (Å²) >= 11 is 6.11. The largest absolute Gasteiger partial charge is 0.384 e. The van der Waals surface area contributed by atoms with Crippen molar-refractivity contribution in [3.8, 4) is 11.1 Å². The van der Waals surface area contributed by atoms with Gasteiger partial charge in [-0.25, -0.2) is 4.98 Å². The van der Waals surface area contributed by atoms with E-state index in [2.05, 4.69) is 17.1 Å². The van der Waals surface area contributed by atoms with Gasteiger partial charge in [-0.15, -0.1) is 24.8 Å². The molecule has 0 saturated carbocycles. The van der Waals surface area contributed by atoms with Crippen LogP contribution in [-0.4, -0.2) is 4.98 Å². The topological polar surface area (TPSA) is 64.9 Å².